The van der Waals surface area contributed by atoms with Crippen LogP contribution < -0.4 is 10.6 Å². The molecule has 0 radical (unpaired) electrons. The van der Waals surface area contributed by atoms with Gasteiger partial charge < -0.3 is 15.4 Å². The van der Waals surface area contributed by atoms with Crippen molar-refractivity contribution < 1.29 is 9.53 Å². The number of benzene rings is 1. The van der Waals surface area contributed by atoms with E-state index >= 15 is 0 Å². The van der Waals surface area contributed by atoms with Gasteiger partial charge in [-0.2, -0.15) is 0 Å². The Kier molecular flexibility index (Phi) is 6.05. The number of hydrogen-bond acceptors (Lipinski definition) is 4. The van der Waals surface area contributed by atoms with Crippen molar-refractivity contribution in [2.45, 2.75) is 31.5 Å². The molecule has 0 bridgehead atoms. The highest BCUT2D eigenvalue weighted by Gasteiger charge is 2.25. The summed E-state index contributed by atoms with van der Waals surface area (Å²) in [5, 5.41) is 6.37. The highest BCUT2D eigenvalue weighted by Crippen LogP contribution is 2.16. The summed E-state index contributed by atoms with van der Waals surface area (Å²) in [6.07, 6.45) is 2.02. The molecule has 1 amide bonds. The summed E-state index contributed by atoms with van der Waals surface area (Å²) >= 11 is 3.47. The van der Waals surface area contributed by atoms with Crippen LogP contribution in [0, 0.1) is 0 Å². The first kappa shape index (κ1) is 16.9. The highest BCUT2D eigenvalue weighted by molar-refractivity contribution is 9.10. The summed E-state index contributed by atoms with van der Waals surface area (Å²) in [6.45, 7) is 4.95. The molecule has 2 fully saturated rings. The minimum atomic E-state index is -0.190. The second kappa shape index (κ2) is 8.24. The van der Waals surface area contributed by atoms with Crippen molar-refractivity contribution in [2.24, 2.45) is 0 Å². The summed E-state index contributed by atoms with van der Waals surface area (Å²) in [5.41, 5.74) is 1.33. The van der Waals surface area contributed by atoms with E-state index in [0.717, 1.165) is 43.5 Å². The lowest BCUT2D eigenvalue weighted by atomic mass is 10.0. The van der Waals surface area contributed by atoms with Crippen molar-refractivity contribution in [1.29, 1.82) is 0 Å². The number of halogens is 1. The van der Waals surface area contributed by atoms with Crippen LogP contribution >= 0.6 is 15.9 Å². The number of carbonyl (C=O) groups excluding carboxylic acids is 1. The van der Waals surface area contributed by atoms with Gasteiger partial charge >= 0.3 is 0 Å². The number of morpholine rings is 1. The van der Waals surface area contributed by atoms with Crippen LogP contribution in [-0.2, 0) is 16.1 Å². The van der Waals surface area contributed by atoms with Gasteiger partial charge in [-0.1, -0.05) is 28.1 Å². The molecule has 0 spiro atoms. The minimum absolute atomic E-state index is 0.0797. The molecule has 2 aliphatic heterocycles. The predicted molar refractivity (Wildman–Crippen MR) is 93.2 cm³/mol. The third kappa shape index (κ3) is 5.01. The zero-order valence-electron chi connectivity index (χ0n) is 13.3. The number of likely N-dealkylation sites (tertiary alicyclic amines) is 1. The first-order chi connectivity index (χ1) is 11.2. The molecule has 1 unspecified atom stereocenters. The number of rotatable bonds is 4. The number of piperidine rings is 1. The first-order valence-electron chi connectivity index (χ1n) is 8.29. The van der Waals surface area contributed by atoms with Crippen LogP contribution in [0.3, 0.4) is 0 Å². The fourth-order valence-corrected chi connectivity index (χ4v) is 3.38. The average Bonchev–Trinajstić information content (AvgIpc) is 2.59. The molecule has 2 N–H and O–H groups in total. The summed E-state index contributed by atoms with van der Waals surface area (Å²) < 4.78 is 6.46. The van der Waals surface area contributed by atoms with Crippen LogP contribution in [0.5, 0.6) is 0 Å². The Morgan fingerprint density at radius 1 is 1.30 bits per heavy atom. The Bertz CT molecular complexity index is 509. The van der Waals surface area contributed by atoms with Gasteiger partial charge in [0.25, 0.3) is 0 Å². The third-order valence-corrected chi connectivity index (χ3v) is 5.02. The minimum Gasteiger partial charge on any atom is -0.378 e. The van der Waals surface area contributed by atoms with Crippen LogP contribution in [-0.4, -0.2) is 55.7 Å². The Balaban J connectivity index is 1.41. The lowest BCUT2D eigenvalue weighted by Gasteiger charge is -2.33. The van der Waals surface area contributed by atoms with Gasteiger partial charge in [-0.25, -0.2) is 0 Å². The molecule has 6 heteroatoms. The number of nitrogens with one attached hydrogen (secondary N) is 2. The van der Waals surface area contributed by atoms with Gasteiger partial charge in [0.15, 0.2) is 0 Å². The van der Waals surface area contributed by atoms with E-state index in [-0.39, 0.29) is 18.0 Å². The van der Waals surface area contributed by atoms with E-state index < -0.39 is 0 Å². The second-order valence-electron chi connectivity index (χ2n) is 6.27. The van der Waals surface area contributed by atoms with Gasteiger partial charge in [-0.3, -0.25) is 9.69 Å². The molecule has 0 aromatic heterocycles. The molecule has 2 aliphatic rings. The fourth-order valence-electron chi connectivity index (χ4n) is 3.12. The van der Waals surface area contributed by atoms with E-state index in [2.05, 4.69) is 55.7 Å². The fraction of sp³-hybridized carbons (Fsp3) is 0.588. The van der Waals surface area contributed by atoms with Gasteiger partial charge in [0.1, 0.15) is 6.04 Å². The van der Waals surface area contributed by atoms with E-state index in [4.69, 9.17) is 4.74 Å². The standard InChI is InChI=1S/C17H24BrN3O2/c18-14-3-1-13(2-4-14)11-21-8-5-15(6-9-21)20-17(22)16-12-23-10-7-19-16/h1-4,15-16,19H,5-12H2,(H,20,22). The molecule has 23 heavy (non-hydrogen) atoms. The van der Waals surface area contributed by atoms with E-state index in [1.54, 1.807) is 0 Å². The molecule has 5 nitrogen and oxygen atoms in total. The number of amides is 1. The maximum absolute atomic E-state index is 12.2. The largest absolute Gasteiger partial charge is 0.378 e. The molecule has 1 aromatic rings. The van der Waals surface area contributed by atoms with Crippen molar-refractivity contribution in [2.75, 3.05) is 32.8 Å². The van der Waals surface area contributed by atoms with E-state index in [1.165, 1.54) is 5.56 Å². The summed E-state index contributed by atoms with van der Waals surface area (Å²) in [4.78, 5) is 14.7. The summed E-state index contributed by atoms with van der Waals surface area (Å²) in [5.74, 6) is 0.0797. The van der Waals surface area contributed by atoms with Gasteiger partial charge in [0.05, 0.1) is 13.2 Å². The normalized spacial score (nSPS) is 23.6. The van der Waals surface area contributed by atoms with Crippen molar-refractivity contribution >= 4 is 21.8 Å². The number of hydrogen-bond donors (Lipinski definition) is 2. The number of nitrogens with zero attached hydrogens (tertiary/aromatic N) is 1. The topological polar surface area (TPSA) is 53.6 Å². The third-order valence-electron chi connectivity index (χ3n) is 4.49. The van der Waals surface area contributed by atoms with E-state index in [1.807, 2.05) is 0 Å². The van der Waals surface area contributed by atoms with Crippen LogP contribution in [0.4, 0.5) is 0 Å². The van der Waals surface area contributed by atoms with Gasteiger partial charge in [0, 0.05) is 36.7 Å². The lowest BCUT2D eigenvalue weighted by Crippen LogP contribution is -2.54. The summed E-state index contributed by atoms with van der Waals surface area (Å²) in [7, 11) is 0. The Hall–Kier alpha value is -0.950. The van der Waals surface area contributed by atoms with Crippen LogP contribution in [0.25, 0.3) is 0 Å². The zero-order chi connectivity index (χ0) is 16.1. The molecular formula is C17H24BrN3O2. The van der Waals surface area contributed by atoms with Crippen molar-refractivity contribution in [1.82, 2.24) is 15.5 Å². The molecular weight excluding hydrogens is 358 g/mol. The van der Waals surface area contributed by atoms with Crippen molar-refractivity contribution in [3.05, 3.63) is 34.3 Å². The van der Waals surface area contributed by atoms with Crippen LogP contribution in [0.2, 0.25) is 0 Å². The smallest absolute Gasteiger partial charge is 0.239 e. The van der Waals surface area contributed by atoms with Crippen LogP contribution in [0.1, 0.15) is 18.4 Å². The summed E-state index contributed by atoms with van der Waals surface area (Å²) in [6, 6.07) is 8.58. The quantitative estimate of drug-likeness (QED) is 0.829. The van der Waals surface area contributed by atoms with Gasteiger partial charge in [-0.15, -0.1) is 0 Å². The molecule has 1 atom stereocenters. The monoisotopic (exact) mass is 381 g/mol. The van der Waals surface area contributed by atoms with E-state index in [9.17, 15) is 4.79 Å². The Morgan fingerprint density at radius 2 is 2.04 bits per heavy atom. The Labute approximate surface area is 145 Å². The second-order valence-corrected chi connectivity index (χ2v) is 7.18. The maximum atomic E-state index is 12.2. The van der Waals surface area contributed by atoms with Crippen molar-refractivity contribution in [3.8, 4) is 0 Å². The highest BCUT2D eigenvalue weighted by atomic mass is 79.9. The molecule has 1 aromatic carbocycles. The molecule has 0 saturated carbocycles. The maximum Gasteiger partial charge on any atom is 0.239 e. The number of ether oxygens (including phenoxy) is 1. The van der Waals surface area contributed by atoms with Gasteiger partial charge in [-0.05, 0) is 30.5 Å². The molecule has 2 heterocycles. The van der Waals surface area contributed by atoms with E-state index in [0.29, 0.717) is 13.2 Å². The van der Waals surface area contributed by atoms with Gasteiger partial charge in [0.2, 0.25) is 5.91 Å². The average molecular weight is 382 g/mol. The van der Waals surface area contributed by atoms with Crippen LogP contribution in [0.15, 0.2) is 28.7 Å². The Morgan fingerprint density at radius 3 is 2.70 bits per heavy atom. The first-order valence-corrected chi connectivity index (χ1v) is 9.08. The van der Waals surface area contributed by atoms with Crippen molar-refractivity contribution in [3.63, 3.8) is 0 Å². The zero-order valence-corrected chi connectivity index (χ0v) is 14.8. The predicted octanol–water partition coefficient (Wildman–Crippen LogP) is 1.52. The lowest BCUT2D eigenvalue weighted by molar-refractivity contribution is -0.126. The molecule has 126 valence electrons. The number of carbonyl (C=O) groups is 1. The molecule has 2 saturated heterocycles. The molecule has 0 aliphatic carbocycles. The SMILES string of the molecule is O=C(NC1CCN(Cc2ccc(Br)cc2)CC1)C1COCCN1. The molecule has 3 rings (SSSR count).